The van der Waals surface area contributed by atoms with E-state index in [4.69, 9.17) is 10.5 Å². The van der Waals surface area contributed by atoms with Gasteiger partial charge in [0.1, 0.15) is 0 Å². The van der Waals surface area contributed by atoms with Crippen molar-refractivity contribution in [2.45, 2.75) is 63.5 Å². The summed E-state index contributed by atoms with van der Waals surface area (Å²) in [5, 5.41) is 3.02. The second kappa shape index (κ2) is 7.10. The number of ether oxygens (including phenoxy) is 1. The molecular formula is C14H26N2O2. The Morgan fingerprint density at radius 3 is 2.67 bits per heavy atom. The smallest absolute Gasteiger partial charge is 0.220 e. The van der Waals surface area contributed by atoms with Crippen molar-refractivity contribution in [2.75, 3.05) is 13.2 Å². The van der Waals surface area contributed by atoms with Crippen LogP contribution in [0.2, 0.25) is 0 Å². The Kier molecular flexibility index (Phi) is 5.45. The summed E-state index contributed by atoms with van der Waals surface area (Å²) in [5.41, 5.74) is 5.86. The standard InChI is InChI=1S/C14H26N2O2/c15-12-5-3-11(4-6-12)10-14(17)16-8-7-13-2-1-9-18-13/h11-13H,1-10,15H2,(H,16,17). The molecule has 2 rings (SSSR count). The van der Waals surface area contributed by atoms with Crippen LogP contribution in [0.1, 0.15) is 51.4 Å². The normalized spacial score (nSPS) is 32.4. The number of nitrogens with two attached hydrogens (primary N) is 1. The molecule has 0 aromatic carbocycles. The largest absolute Gasteiger partial charge is 0.378 e. The highest BCUT2D eigenvalue weighted by Crippen LogP contribution is 2.25. The summed E-state index contributed by atoms with van der Waals surface area (Å²) < 4.78 is 5.53. The number of carbonyl (C=O) groups excluding carboxylic acids is 1. The Balaban J connectivity index is 1.54. The first-order valence-corrected chi connectivity index (χ1v) is 7.38. The summed E-state index contributed by atoms with van der Waals surface area (Å²) >= 11 is 0. The minimum atomic E-state index is 0.202. The molecule has 4 nitrogen and oxygen atoms in total. The predicted octanol–water partition coefficient (Wildman–Crippen LogP) is 1.58. The molecule has 18 heavy (non-hydrogen) atoms. The fourth-order valence-corrected chi connectivity index (χ4v) is 2.97. The monoisotopic (exact) mass is 254 g/mol. The summed E-state index contributed by atoms with van der Waals surface area (Å²) in [7, 11) is 0. The topological polar surface area (TPSA) is 64.4 Å². The van der Waals surface area contributed by atoms with Crippen LogP contribution in [0.4, 0.5) is 0 Å². The zero-order valence-corrected chi connectivity index (χ0v) is 11.2. The highest BCUT2D eigenvalue weighted by Gasteiger charge is 2.21. The maximum atomic E-state index is 11.8. The van der Waals surface area contributed by atoms with Gasteiger partial charge >= 0.3 is 0 Å². The third-order valence-electron chi connectivity index (χ3n) is 4.18. The van der Waals surface area contributed by atoms with Crippen LogP contribution in [0, 0.1) is 5.92 Å². The summed E-state index contributed by atoms with van der Waals surface area (Å²) in [4.78, 5) is 11.8. The van der Waals surface area contributed by atoms with Crippen molar-refractivity contribution in [3.63, 3.8) is 0 Å². The molecular weight excluding hydrogens is 228 g/mol. The maximum Gasteiger partial charge on any atom is 0.220 e. The Labute approximate surface area is 110 Å². The number of carbonyl (C=O) groups is 1. The predicted molar refractivity (Wildman–Crippen MR) is 71.2 cm³/mol. The molecule has 2 fully saturated rings. The van der Waals surface area contributed by atoms with Crippen molar-refractivity contribution in [1.29, 1.82) is 0 Å². The fraction of sp³-hybridized carbons (Fsp3) is 0.929. The van der Waals surface area contributed by atoms with E-state index in [0.717, 1.165) is 51.7 Å². The lowest BCUT2D eigenvalue weighted by Crippen LogP contribution is -2.32. The van der Waals surface area contributed by atoms with Gasteiger partial charge in [0, 0.05) is 25.6 Å². The first-order chi connectivity index (χ1) is 8.74. The quantitative estimate of drug-likeness (QED) is 0.783. The van der Waals surface area contributed by atoms with Gasteiger partial charge in [-0.25, -0.2) is 0 Å². The van der Waals surface area contributed by atoms with Crippen molar-refractivity contribution in [3.05, 3.63) is 0 Å². The van der Waals surface area contributed by atoms with E-state index in [2.05, 4.69) is 5.32 Å². The molecule has 1 unspecified atom stereocenters. The number of nitrogens with one attached hydrogen (secondary N) is 1. The third kappa shape index (κ3) is 4.58. The summed E-state index contributed by atoms with van der Waals surface area (Å²) in [6.45, 7) is 1.65. The molecule has 1 heterocycles. The van der Waals surface area contributed by atoms with Crippen LogP contribution in [-0.2, 0) is 9.53 Å². The molecule has 1 aliphatic heterocycles. The van der Waals surface area contributed by atoms with Gasteiger partial charge in [0.15, 0.2) is 0 Å². The molecule has 1 atom stereocenters. The number of hydrogen-bond acceptors (Lipinski definition) is 3. The minimum Gasteiger partial charge on any atom is -0.378 e. The highest BCUT2D eigenvalue weighted by molar-refractivity contribution is 5.76. The Morgan fingerprint density at radius 2 is 2.00 bits per heavy atom. The fourth-order valence-electron chi connectivity index (χ4n) is 2.97. The van der Waals surface area contributed by atoms with Crippen LogP contribution in [-0.4, -0.2) is 31.2 Å². The zero-order valence-electron chi connectivity index (χ0n) is 11.2. The van der Waals surface area contributed by atoms with E-state index in [0.29, 0.717) is 24.5 Å². The third-order valence-corrected chi connectivity index (χ3v) is 4.18. The van der Waals surface area contributed by atoms with Crippen molar-refractivity contribution < 1.29 is 9.53 Å². The lowest BCUT2D eigenvalue weighted by atomic mass is 9.84. The SMILES string of the molecule is NC1CCC(CC(=O)NCCC2CCCO2)CC1. The molecule has 0 spiro atoms. The summed E-state index contributed by atoms with van der Waals surface area (Å²) in [6.07, 6.45) is 8.71. The van der Waals surface area contributed by atoms with Gasteiger partial charge in [-0.3, -0.25) is 4.79 Å². The number of rotatable bonds is 5. The van der Waals surface area contributed by atoms with E-state index >= 15 is 0 Å². The maximum absolute atomic E-state index is 11.8. The molecule has 1 amide bonds. The van der Waals surface area contributed by atoms with E-state index in [9.17, 15) is 4.79 Å². The van der Waals surface area contributed by atoms with E-state index in [1.165, 1.54) is 6.42 Å². The molecule has 104 valence electrons. The van der Waals surface area contributed by atoms with Crippen molar-refractivity contribution in [3.8, 4) is 0 Å². The van der Waals surface area contributed by atoms with Gasteiger partial charge in [-0.1, -0.05) is 0 Å². The van der Waals surface area contributed by atoms with E-state index in [1.807, 2.05) is 0 Å². The lowest BCUT2D eigenvalue weighted by Gasteiger charge is -2.25. The second-order valence-electron chi connectivity index (χ2n) is 5.76. The molecule has 0 bridgehead atoms. The Bertz CT molecular complexity index is 257. The van der Waals surface area contributed by atoms with E-state index in [1.54, 1.807) is 0 Å². The van der Waals surface area contributed by atoms with Crippen LogP contribution in [0.15, 0.2) is 0 Å². The van der Waals surface area contributed by atoms with Crippen LogP contribution in [0.5, 0.6) is 0 Å². The lowest BCUT2D eigenvalue weighted by molar-refractivity contribution is -0.122. The van der Waals surface area contributed by atoms with Crippen molar-refractivity contribution in [1.82, 2.24) is 5.32 Å². The van der Waals surface area contributed by atoms with Crippen LogP contribution in [0.3, 0.4) is 0 Å². The van der Waals surface area contributed by atoms with Gasteiger partial charge in [-0.05, 0) is 50.9 Å². The molecule has 4 heteroatoms. The zero-order chi connectivity index (χ0) is 12.8. The van der Waals surface area contributed by atoms with Gasteiger partial charge in [-0.15, -0.1) is 0 Å². The Hall–Kier alpha value is -0.610. The van der Waals surface area contributed by atoms with Crippen LogP contribution < -0.4 is 11.1 Å². The molecule has 1 saturated heterocycles. The molecule has 1 saturated carbocycles. The molecule has 0 aromatic heterocycles. The molecule has 0 radical (unpaired) electrons. The second-order valence-corrected chi connectivity index (χ2v) is 5.76. The molecule has 3 N–H and O–H groups in total. The number of amides is 1. The minimum absolute atomic E-state index is 0.202. The molecule has 2 aliphatic rings. The van der Waals surface area contributed by atoms with Crippen molar-refractivity contribution in [2.24, 2.45) is 11.7 Å². The highest BCUT2D eigenvalue weighted by atomic mass is 16.5. The van der Waals surface area contributed by atoms with Crippen LogP contribution >= 0.6 is 0 Å². The van der Waals surface area contributed by atoms with Gasteiger partial charge in [0.25, 0.3) is 0 Å². The summed E-state index contributed by atoms with van der Waals surface area (Å²) in [5.74, 6) is 0.751. The van der Waals surface area contributed by atoms with Gasteiger partial charge in [0.05, 0.1) is 6.10 Å². The van der Waals surface area contributed by atoms with Crippen molar-refractivity contribution >= 4 is 5.91 Å². The molecule has 1 aliphatic carbocycles. The Morgan fingerprint density at radius 1 is 1.22 bits per heavy atom. The first kappa shape index (κ1) is 13.8. The van der Waals surface area contributed by atoms with Gasteiger partial charge in [-0.2, -0.15) is 0 Å². The van der Waals surface area contributed by atoms with Gasteiger partial charge < -0.3 is 15.8 Å². The van der Waals surface area contributed by atoms with Gasteiger partial charge in [0.2, 0.25) is 5.91 Å². The first-order valence-electron chi connectivity index (χ1n) is 7.38. The average Bonchev–Trinajstić information content (AvgIpc) is 2.85. The molecule has 0 aromatic rings. The van der Waals surface area contributed by atoms with E-state index in [-0.39, 0.29) is 5.91 Å². The number of hydrogen-bond donors (Lipinski definition) is 2. The average molecular weight is 254 g/mol. The summed E-state index contributed by atoms with van der Waals surface area (Å²) in [6, 6.07) is 0.365. The van der Waals surface area contributed by atoms with Crippen LogP contribution in [0.25, 0.3) is 0 Å². The van der Waals surface area contributed by atoms with E-state index < -0.39 is 0 Å².